The summed E-state index contributed by atoms with van der Waals surface area (Å²) >= 11 is 0. The predicted octanol–water partition coefficient (Wildman–Crippen LogP) is 2.30. The first-order valence-electron chi connectivity index (χ1n) is 5.62. The average Bonchev–Trinajstić information content (AvgIpc) is 2.82. The van der Waals surface area contributed by atoms with Gasteiger partial charge in [0.1, 0.15) is 0 Å². The maximum Gasteiger partial charge on any atom is 0.0467 e. The SMILES string of the molecule is CC1(C)[C@@H]2C[C@H]3[C@@H](CO)[C@@]3(C)C[C@@H]21. The van der Waals surface area contributed by atoms with Gasteiger partial charge in [0, 0.05) is 6.61 Å². The fourth-order valence-corrected chi connectivity index (χ4v) is 4.31. The molecular weight excluding hydrogens is 160 g/mol. The summed E-state index contributed by atoms with van der Waals surface area (Å²) in [6.07, 6.45) is 2.79. The van der Waals surface area contributed by atoms with Crippen LogP contribution in [0.25, 0.3) is 0 Å². The average molecular weight is 180 g/mol. The molecule has 74 valence electrons. The van der Waals surface area contributed by atoms with E-state index in [4.69, 9.17) is 0 Å². The molecule has 3 aliphatic carbocycles. The molecule has 3 rings (SSSR count). The van der Waals surface area contributed by atoms with E-state index in [9.17, 15) is 5.11 Å². The number of aliphatic hydroxyl groups is 1. The molecule has 13 heavy (non-hydrogen) atoms. The van der Waals surface area contributed by atoms with Crippen LogP contribution in [0.2, 0.25) is 0 Å². The summed E-state index contributed by atoms with van der Waals surface area (Å²) in [6, 6.07) is 0. The maximum atomic E-state index is 9.23. The Morgan fingerprint density at radius 1 is 1.15 bits per heavy atom. The molecule has 0 bridgehead atoms. The van der Waals surface area contributed by atoms with E-state index in [0.717, 1.165) is 17.8 Å². The van der Waals surface area contributed by atoms with Crippen LogP contribution in [-0.2, 0) is 0 Å². The number of fused-ring (bicyclic) bond motifs is 2. The van der Waals surface area contributed by atoms with Crippen molar-refractivity contribution in [2.45, 2.75) is 33.6 Å². The van der Waals surface area contributed by atoms with Gasteiger partial charge in [0.25, 0.3) is 0 Å². The second kappa shape index (κ2) is 1.98. The Labute approximate surface area is 80.5 Å². The van der Waals surface area contributed by atoms with Crippen molar-refractivity contribution in [2.75, 3.05) is 6.61 Å². The molecule has 0 aromatic carbocycles. The van der Waals surface area contributed by atoms with Gasteiger partial charge >= 0.3 is 0 Å². The van der Waals surface area contributed by atoms with Crippen LogP contribution in [0.5, 0.6) is 0 Å². The van der Waals surface area contributed by atoms with Crippen LogP contribution in [0, 0.1) is 34.5 Å². The molecule has 0 heterocycles. The van der Waals surface area contributed by atoms with Crippen LogP contribution in [0.15, 0.2) is 0 Å². The molecule has 0 aliphatic heterocycles. The van der Waals surface area contributed by atoms with Gasteiger partial charge in [0.05, 0.1) is 0 Å². The van der Waals surface area contributed by atoms with Crippen molar-refractivity contribution >= 4 is 0 Å². The fourth-order valence-electron chi connectivity index (χ4n) is 4.31. The van der Waals surface area contributed by atoms with Gasteiger partial charge in [-0.25, -0.2) is 0 Å². The fraction of sp³-hybridized carbons (Fsp3) is 1.00. The number of hydrogen-bond donors (Lipinski definition) is 1. The van der Waals surface area contributed by atoms with E-state index >= 15 is 0 Å². The van der Waals surface area contributed by atoms with Gasteiger partial charge in [-0.2, -0.15) is 0 Å². The summed E-state index contributed by atoms with van der Waals surface area (Å²) in [5.41, 5.74) is 1.17. The van der Waals surface area contributed by atoms with E-state index in [2.05, 4.69) is 20.8 Å². The lowest BCUT2D eigenvalue weighted by Gasteiger charge is -2.15. The molecule has 3 aliphatic rings. The molecule has 3 saturated carbocycles. The summed E-state index contributed by atoms with van der Waals surface area (Å²) in [5, 5.41) is 9.23. The van der Waals surface area contributed by atoms with E-state index in [1.54, 1.807) is 0 Å². The molecule has 1 N–H and O–H groups in total. The van der Waals surface area contributed by atoms with Gasteiger partial charge < -0.3 is 5.11 Å². The Morgan fingerprint density at radius 2 is 1.85 bits per heavy atom. The zero-order chi connectivity index (χ0) is 9.43. The molecule has 3 fully saturated rings. The molecule has 0 aromatic heterocycles. The lowest BCUT2D eigenvalue weighted by molar-refractivity contribution is 0.244. The van der Waals surface area contributed by atoms with Gasteiger partial charge in [-0.05, 0) is 47.3 Å². The summed E-state index contributed by atoms with van der Waals surface area (Å²) in [5.74, 6) is 3.48. The lowest BCUT2D eigenvalue weighted by atomic mass is 9.90. The highest BCUT2D eigenvalue weighted by Crippen LogP contribution is 2.78. The quantitative estimate of drug-likeness (QED) is 0.656. The molecule has 1 nitrogen and oxygen atoms in total. The Hall–Kier alpha value is -0.0400. The van der Waals surface area contributed by atoms with Crippen molar-refractivity contribution in [3.8, 4) is 0 Å². The molecule has 5 atom stereocenters. The highest BCUT2D eigenvalue weighted by atomic mass is 16.3. The van der Waals surface area contributed by atoms with E-state index in [0.29, 0.717) is 23.4 Å². The summed E-state index contributed by atoms with van der Waals surface area (Å²) in [6.45, 7) is 7.67. The highest BCUT2D eigenvalue weighted by molar-refractivity contribution is 5.21. The van der Waals surface area contributed by atoms with Crippen LogP contribution in [0.4, 0.5) is 0 Å². The Morgan fingerprint density at radius 3 is 2.38 bits per heavy atom. The number of hydrogen-bond acceptors (Lipinski definition) is 1. The normalized spacial score (nSPS) is 60.9. The minimum Gasteiger partial charge on any atom is -0.396 e. The first kappa shape index (κ1) is 8.28. The summed E-state index contributed by atoms with van der Waals surface area (Å²) in [4.78, 5) is 0. The second-order valence-corrected chi connectivity index (χ2v) is 6.38. The number of aliphatic hydroxyl groups excluding tert-OH is 1. The van der Waals surface area contributed by atoms with E-state index in [1.165, 1.54) is 12.8 Å². The third-order valence-corrected chi connectivity index (χ3v) is 5.72. The molecule has 1 heteroatoms. The molecule has 0 unspecified atom stereocenters. The van der Waals surface area contributed by atoms with Crippen LogP contribution in [-0.4, -0.2) is 11.7 Å². The van der Waals surface area contributed by atoms with Crippen LogP contribution in [0.3, 0.4) is 0 Å². The molecule has 0 spiro atoms. The van der Waals surface area contributed by atoms with Crippen molar-refractivity contribution < 1.29 is 5.11 Å². The van der Waals surface area contributed by atoms with Gasteiger partial charge in [-0.15, -0.1) is 0 Å². The van der Waals surface area contributed by atoms with Crippen molar-refractivity contribution in [3.05, 3.63) is 0 Å². The third-order valence-electron chi connectivity index (χ3n) is 5.72. The van der Waals surface area contributed by atoms with Gasteiger partial charge in [0.15, 0.2) is 0 Å². The Bertz CT molecular complexity index is 258. The zero-order valence-corrected chi connectivity index (χ0v) is 8.88. The maximum absolute atomic E-state index is 9.23. The minimum atomic E-state index is 0.432. The Kier molecular flexibility index (Phi) is 1.26. The minimum absolute atomic E-state index is 0.432. The summed E-state index contributed by atoms with van der Waals surface area (Å²) in [7, 11) is 0. The highest BCUT2D eigenvalue weighted by Gasteiger charge is 2.73. The Balaban J connectivity index is 1.79. The standard InChI is InChI=1S/C12H20O/c1-11(2)7-4-8-10(6-13)12(8,3)5-9(7)11/h7-10,13H,4-6H2,1-3H3/t7-,8+,9+,10-,12+/m1/s1. The molecule has 0 saturated heterocycles. The van der Waals surface area contributed by atoms with E-state index < -0.39 is 0 Å². The third kappa shape index (κ3) is 0.782. The number of rotatable bonds is 1. The van der Waals surface area contributed by atoms with Crippen LogP contribution >= 0.6 is 0 Å². The van der Waals surface area contributed by atoms with Gasteiger partial charge in [-0.1, -0.05) is 20.8 Å². The van der Waals surface area contributed by atoms with Crippen molar-refractivity contribution in [2.24, 2.45) is 34.5 Å². The molecular formula is C12H20O. The van der Waals surface area contributed by atoms with E-state index in [-0.39, 0.29) is 0 Å². The topological polar surface area (TPSA) is 20.2 Å². The monoisotopic (exact) mass is 180 g/mol. The van der Waals surface area contributed by atoms with Crippen LogP contribution < -0.4 is 0 Å². The summed E-state index contributed by atoms with van der Waals surface area (Å²) < 4.78 is 0. The van der Waals surface area contributed by atoms with Crippen LogP contribution in [0.1, 0.15) is 33.6 Å². The van der Waals surface area contributed by atoms with Crippen molar-refractivity contribution in [1.29, 1.82) is 0 Å². The predicted molar refractivity (Wildman–Crippen MR) is 52.2 cm³/mol. The smallest absolute Gasteiger partial charge is 0.0467 e. The first-order valence-corrected chi connectivity index (χ1v) is 5.62. The molecule has 0 aromatic rings. The zero-order valence-electron chi connectivity index (χ0n) is 8.88. The van der Waals surface area contributed by atoms with Gasteiger partial charge in [-0.3, -0.25) is 0 Å². The van der Waals surface area contributed by atoms with Gasteiger partial charge in [0.2, 0.25) is 0 Å². The lowest BCUT2D eigenvalue weighted by Crippen LogP contribution is -2.08. The first-order chi connectivity index (χ1) is 6.02. The molecule has 0 radical (unpaired) electrons. The van der Waals surface area contributed by atoms with E-state index in [1.807, 2.05) is 0 Å². The second-order valence-electron chi connectivity index (χ2n) is 6.38. The molecule has 0 amide bonds. The van der Waals surface area contributed by atoms with Crippen molar-refractivity contribution in [3.63, 3.8) is 0 Å². The van der Waals surface area contributed by atoms with Crippen molar-refractivity contribution in [1.82, 2.24) is 0 Å². The largest absolute Gasteiger partial charge is 0.396 e.